The third-order valence-electron chi connectivity index (χ3n) is 4.27. The molecule has 1 aromatic rings. The van der Waals surface area contributed by atoms with Gasteiger partial charge in [-0.3, -0.25) is 0 Å². The Morgan fingerprint density at radius 3 is 1.90 bits per heavy atom. The van der Waals surface area contributed by atoms with Crippen molar-refractivity contribution in [2.75, 3.05) is 38.8 Å². The van der Waals surface area contributed by atoms with Crippen LogP contribution in [0.2, 0.25) is 0 Å². The Morgan fingerprint density at radius 2 is 1.45 bits per heavy atom. The van der Waals surface area contributed by atoms with E-state index in [0.29, 0.717) is 36.3 Å². The summed E-state index contributed by atoms with van der Waals surface area (Å²) in [5.41, 5.74) is 1.73. The second kappa shape index (κ2) is 13.0. The second-order valence-corrected chi connectivity index (χ2v) is 11.1. The summed E-state index contributed by atoms with van der Waals surface area (Å²) in [6, 6.07) is 3.37. The van der Waals surface area contributed by atoms with E-state index in [1.54, 1.807) is 39.8 Å². The van der Waals surface area contributed by atoms with E-state index in [4.69, 9.17) is 18.1 Å². The van der Waals surface area contributed by atoms with Crippen LogP contribution in [-0.2, 0) is 42.1 Å². The van der Waals surface area contributed by atoms with Crippen LogP contribution in [0.4, 0.5) is 0 Å². The first-order valence-corrected chi connectivity index (χ1v) is 13.8. The number of hydrogen-bond donors (Lipinski definition) is 3. The molecule has 170 valence electrons. The first-order valence-electron chi connectivity index (χ1n) is 10.1. The fraction of sp³-hybridized carbons (Fsp3) is 0.684. The average molecular weight is 454 g/mol. The van der Waals surface area contributed by atoms with Crippen molar-refractivity contribution in [2.24, 2.45) is 0 Å². The molecule has 0 spiro atoms. The number of phenols is 1. The molecule has 29 heavy (non-hydrogen) atoms. The van der Waals surface area contributed by atoms with E-state index < -0.39 is 15.5 Å². The topological polar surface area (TPSA) is 115 Å². The van der Waals surface area contributed by atoms with Crippen LogP contribution in [0.3, 0.4) is 0 Å². The van der Waals surface area contributed by atoms with Gasteiger partial charge in [-0.25, -0.2) is 0 Å². The molecule has 0 unspecified atom stereocenters. The predicted molar refractivity (Wildman–Crippen MR) is 116 cm³/mol. The standard InChI is InChI=1S/C19H36O8P2/c1-5-24-28(22,25-6-2)11-9-17-13-16(15-20)14-18(19(17)21)10-12-29(23,26-7-3)27-8-4/h13-14,20-22,28H,5-12,15H2,1-4H3. The number of aliphatic hydroxyl groups excluding tert-OH is 1. The van der Waals surface area contributed by atoms with Crippen molar-refractivity contribution >= 4 is 15.5 Å². The molecule has 10 heteroatoms. The molecule has 0 aromatic heterocycles. The van der Waals surface area contributed by atoms with Gasteiger partial charge in [-0.1, -0.05) is 0 Å². The number of rotatable bonds is 15. The summed E-state index contributed by atoms with van der Waals surface area (Å²) in [4.78, 5) is 10.6. The van der Waals surface area contributed by atoms with Crippen LogP contribution in [0, 0.1) is 0 Å². The minimum absolute atomic E-state index is 0.0473. The Balaban J connectivity index is 3.03. The molecule has 0 aliphatic rings. The van der Waals surface area contributed by atoms with Gasteiger partial charge in [-0.2, -0.15) is 0 Å². The van der Waals surface area contributed by atoms with E-state index in [1.165, 1.54) is 0 Å². The van der Waals surface area contributed by atoms with Crippen LogP contribution in [0.5, 0.6) is 5.75 Å². The Bertz CT molecular complexity index is 652. The molecule has 0 radical (unpaired) electrons. The van der Waals surface area contributed by atoms with Crippen molar-refractivity contribution in [1.29, 1.82) is 0 Å². The van der Waals surface area contributed by atoms with Crippen LogP contribution in [0.15, 0.2) is 12.1 Å². The van der Waals surface area contributed by atoms with E-state index in [0.717, 1.165) is 0 Å². The van der Waals surface area contributed by atoms with Gasteiger partial charge >= 0.3 is 174 Å². The molecule has 8 nitrogen and oxygen atoms in total. The molecule has 0 aliphatic carbocycles. The van der Waals surface area contributed by atoms with Crippen molar-refractivity contribution in [2.45, 2.75) is 47.1 Å². The van der Waals surface area contributed by atoms with Gasteiger partial charge in [0.1, 0.15) is 0 Å². The van der Waals surface area contributed by atoms with Crippen molar-refractivity contribution < 1.29 is 37.8 Å². The van der Waals surface area contributed by atoms with Gasteiger partial charge in [0.25, 0.3) is 0 Å². The van der Waals surface area contributed by atoms with E-state index in [9.17, 15) is 19.7 Å². The van der Waals surface area contributed by atoms with Gasteiger partial charge < -0.3 is 0 Å². The molecule has 0 saturated carbocycles. The summed E-state index contributed by atoms with van der Waals surface area (Å²) >= 11 is 0. The van der Waals surface area contributed by atoms with Crippen molar-refractivity contribution in [1.82, 2.24) is 0 Å². The Labute approximate surface area is 174 Å². The molecule has 0 saturated heterocycles. The normalized spacial score (nSPS) is 13.0. The molecule has 0 heterocycles. The minimum atomic E-state index is -3.33. The summed E-state index contributed by atoms with van der Waals surface area (Å²) < 4.78 is 34.2. The SMILES string of the molecule is CCOP(=O)(CCc1cc(CO)cc(CC[PH](O)(OCC)OCC)c1O)OCC. The number of aryl methyl sites for hydroxylation is 2. The zero-order valence-electron chi connectivity index (χ0n) is 17.8. The zero-order valence-corrected chi connectivity index (χ0v) is 19.7. The molecule has 0 atom stereocenters. The molecule has 1 aromatic carbocycles. The fourth-order valence-electron chi connectivity index (χ4n) is 3.05. The van der Waals surface area contributed by atoms with Gasteiger partial charge in [0.05, 0.1) is 0 Å². The van der Waals surface area contributed by atoms with E-state index in [1.807, 2.05) is 0 Å². The molecular formula is C19H36O8P2. The number of hydrogen-bond acceptors (Lipinski definition) is 8. The van der Waals surface area contributed by atoms with Crippen LogP contribution >= 0.6 is 15.5 Å². The van der Waals surface area contributed by atoms with E-state index >= 15 is 0 Å². The molecule has 1 rings (SSSR count). The van der Waals surface area contributed by atoms with Crippen molar-refractivity contribution in [3.05, 3.63) is 28.8 Å². The fourth-order valence-corrected chi connectivity index (χ4v) is 6.55. The predicted octanol–water partition coefficient (Wildman–Crippen LogP) is 3.80. The van der Waals surface area contributed by atoms with E-state index in [2.05, 4.69) is 0 Å². The van der Waals surface area contributed by atoms with Crippen LogP contribution in [-0.4, -0.2) is 53.9 Å². The quantitative estimate of drug-likeness (QED) is 0.343. The Kier molecular flexibility index (Phi) is 11.9. The van der Waals surface area contributed by atoms with Gasteiger partial charge in [0.15, 0.2) is 0 Å². The summed E-state index contributed by atoms with van der Waals surface area (Å²) in [7, 11) is -6.58. The third-order valence-corrected chi connectivity index (χ3v) is 8.70. The summed E-state index contributed by atoms with van der Waals surface area (Å²) in [5.74, 6) is 0.0473. The van der Waals surface area contributed by atoms with Crippen LogP contribution in [0.1, 0.15) is 44.4 Å². The number of phenolic OH excluding ortho intramolecular Hbond substituents is 1. The third kappa shape index (κ3) is 8.60. The maximum absolute atomic E-state index is 12.7. The second-order valence-electron chi connectivity index (χ2n) is 6.42. The van der Waals surface area contributed by atoms with Crippen LogP contribution < -0.4 is 0 Å². The average Bonchev–Trinajstić information content (AvgIpc) is 2.67. The van der Waals surface area contributed by atoms with Crippen LogP contribution in [0.25, 0.3) is 0 Å². The van der Waals surface area contributed by atoms with Crippen molar-refractivity contribution in [3.8, 4) is 5.75 Å². The summed E-state index contributed by atoms with van der Waals surface area (Å²) in [5, 5.41) is 20.3. The number of aliphatic hydroxyl groups is 1. The van der Waals surface area contributed by atoms with Crippen molar-refractivity contribution in [3.63, 3.8) is 0 Å². The molecule has 0 amide bonds. The van der Waals surface area contributed by atoms with Gasteiger partial charge in [0, 0.05) is 0 Å². The van der Waals surface area contributed by atoms with Gasteiger partial charge in [0.2, 0.25) is 0 Å². The zero-order chi connectivity index (χ0) is 21.9. The summed E-state index contributed by atoms with van der Waals surface area (Å²) in [6.07, 6.45) is 0.951. The first kappa shape index (κ1) is 26.5. The molecule has 0 aliphatic heterocycles. The monoisotopic (exact) mass is 454 g/mol. The molecular weight excluding hydrogens is 418 g/mol. The van der Waals surface area contributed by atoms with E-state index in [-0.39, 0.29) is 44.3 Å². The summed E-state index contributed by atoms with van der Waals surface area (Å²) in [6.45, 7) is 8.06. The Hall–Kier alpha value is -0.560. The van der Waals surface area contributed by atoms with Gasteiger partial charge in [-0.05, 0) is 0 Å². The molecule has 3 N–H and O–H groups in total. The maximum atomic E-state index is 12.7. The Morgan fingerprint density at radius 1 is 0.931 bits per heavy atom. The van der Waals surface area contributed by atoms with Gasteiger partial charge in [-0.15, -0.1) is 0 Å². The molecule has 0 fully saturated rings. The first-order chi connectivity index (χ1) is 13.8. The number of benzene rings is 1. The molecule has 0 bridgehead atoms. The number of aromatic hydroxyl groups is 1.